The molecule has 1 aliphatic rings. The van der Waals surface area contributed by atoms with Crippen LogP contribution in [0.25, 0.3) is 0 Å². The molecule has 2 aromatic carbocycles. The highest BCUT2D eigenvalue weighted by Gasteiger charge is 2.29. The fourth-order valence-electron chi connectivity index (χ4n) is 2.70. The van der Waals surface area contributed by atoms with Gasteiger partial charge in [0.25, 0.3) is 11.6 Å². The summed E-state index contributed by atoms with van der Waals surface area (Å²) in [4.78, 5) is 36.3. The zero-order valence-electron chi connectivity index (χ0n) is 14.3. The number of rotatable bonds is 4. The normalized spacial score (nSPS) is 13.0. The topological polar surface area (TPSA) is 102 Å². The van der Waals surface area contributed by atoms with E-state index in [4.69, 9.17) is 4.74 Å². The second-order valence-corrected chi connectivity index (χ2v) is 5.97. The molecule has 1 N–H and O–H groups in total. The maximum absolute atomic E-state index is 12.4. The molecule has 0 spiro atoms. The number of benzene rings is 2. The first-order valence-corrected chi connectivity index (χ1v) is 7.94. The predicted molar refractivity (Wildman–Crippen MR) is 95.5 cm³/mol. The predicted octanol–water partition coefficient (Wildman–Crippen LogP) is 2.58. The molecule has 8 nitrogen and oxygen atoms in total. The number of ether oxygens (including phenoxy) is 1. The molecule has 0 fully saturated rings. The molecule has 134 valence electrons. The van der Waals surface area contributed by atoms with Gasteiger partial charge in [-0.15, -0.1) is 0 Å². The zero-order chi connectivity index (χ0) is 18.8. The van der Waals surface area contributed by atoms with Gasteiger partial charge in [-0.25, -0.2) is 0 Å². The molecule has 8 heteroatoms. The first-order valence-electron chi connectivity index (χ1n) is 7.94. The number of nitro groups is 1. The third-order valence-corrected chi connectivity index (χ3v) is 4.28. The van der Waals surface area contributed by atoms with Crippen LogP contribution in [0.2, 0.25) is 0 Å². The minimum absolute atomic E-state index is 0.179. The number of nitrogens with one attached hydrogen (secondary N) is 1. The van der Waals surface area contributed by atoms with Crippen molar-refractivity contribution < 1.29 is 19.2 Å². The van der Waals surface area contributed by atoms with Crippen LogP contribution in [-0.2, 0) is 9.59 Å². The maximum atomic E-state index is 12.4. The quantitative estimate of drug-likeness (QED) is 0.671. The Morgan fingerprint density at radius 2 is 2.08 bits per heavy atom. The second-order valence-electron chi connectivity index (χ2n) is 5.97. The smallest absolute Gasteiger partial charge is 0.271 e. The monoisotopic (exact) mass is 355 g/mol. The summed E-state index contributed by atoms with van der Waals surface area (Å²) >= 11 is 0. The van der Waals surface area contributed by atoms with E-state index in [1.807, 2.05) is 26.0 Å². The van der Waals surface area contributed by atoms with Crippen molar-refractivity contribution in [1.29, 1.82) is 0 Å². The second kappa shape index (κ2) is 6.83. The maximum Gasteiger partial charge on any atom is 0.271 e. The Hall–Kier alpha value is -3.42. The van der Waals surface area contributed by atoms with Crippen molar-refractivity contribution in [2.24, 2.45) is 0 Å². The lowest BCUT2D eigenvalue weighted by molar-refractivity contribution is -0.384. The lowest BCUT2D eigenvalue weighted by Crippen LogP contribution is -2.43. The number of amides is 2. The first-order chi connectivity index (χ1) is 12.4. The van der Waals surface area contributed by atoms with Gasteiger partial charge in [0.2, 0.25) is 5.91 Å². The summed E-state index contributed by atoms with van der Waals surface area (Å²) in [5, 5.41) is 13.8. The lowest BCUT2D eigenvalue weighted by atomic mass is 10.1. The first kappa shape index (κ1) is 17.4. The van der Waals surface area contributed by atoms with E-state index in [0.29, 0.717) is 11.4 Å². The Morgan fingerprint density at radius 3 is 2.81 bits per heavy atom. The van der Waals surface area contributed by atoms with Crippen molar-refractivity contribution >= 4 is 28.9 Å². The van der Waals surface area contributed by atoms with Crippen LogP contribution < -0.4 is 15.0 Å². The molecule has 1 heterocycles. The van der Waals surface area contributed by atoms with Crippen molar-refractivity contribution in [3.05, 3.63) is 57.6 Å². The molecule has 3 rings (SSSR count). The minimum Gasteiger partial charge on any atom is -0.482 e. The molecule has 0 saturated heterocycles. The summed E-state index contributed by atoms with van der Waals surface area (Å²) in [6.07, 6.45) is 0. The molecular formula is C18H17N3O5. The number of nitro benzene ring substituents is 1. The van der Waals surface area contributed by atoms with E-state index >= 15 is 0 Å². The van der Waals surface area contributed by atoms with Crippen molar-refractivity contribution in [2.75, 3.05) is 23.4 Å². The molecule has 0 unspecified atom stereocenters. The zero-order valence-corrected chi connectivity index (χ0v) is 14.3. The van der Waals surface area contributed by atoms with Crippen LogP contribution in [-0.4, -0.2) is 29.9 Å². The highest BCUT2D eigenvalue weighted by molar-refractivity contribution is 6.05. The van der Waals surface area contributed by atoms with Crippen molar-refractivity contribution in [2.45, 2.75) is 13.8 Å². The number of carbonyl (C=O) groups is 2. The van der Waals surface area contributed by atoms with Gasteiger partial charge in [0.05, 0.1) is 10.6 Å². The molecule has 0 radical (unpaired) electrons. The summed E-state index contributed by atoms with van der Waals surface area (Å²) in [7, 11) is 0. The standard InChI is InChI=1S/C18H17N3O5/c1-11-4-3-5-14(12(11)2)19-17(22)9-20-15-8-13(21(24)25)6-7-16(15)26-10-18(20)23/h3-8H,9-10H2,1-2H3,(H,19,22). The summed E-state index contributed by atoms with van der Waals surface area (Å²) < 4.78 is 5.29. The van der Waals surface area contributed by atoms with E-state index < -0.39 is 16.7 Å². The average Bonchev–Trinajstić information content (AvgIpc) is 2.61. The van der Waals surface area contributed by atoms with Gasteiger partial charge in [-0.3, -0.25) is 24.6 Å². The SMILES string of the molecule is Cc1cccc(NC(=O)CN2C(=O)COc3ccc([N+](=O)[O-])cc32)c1C. The Morgan fingerprint density at radius 1 is 1.31 bits per heavy atom. The fraction of sp³-hybridized carbons (Fsp3) is 0.222. The van der Waals surface area contributed by atoms with E-state index in [1.54, 1.807) is 6.07 Å². The highest BCUT2D eigenvalue weighted by Crippen LogP contribution is 2.35. The lowest BCUT2D eigenvalue weighted by Gasteiger charge is -2.28. The highest BCUT2D eigenvalue weighted by atomic mass is 16.6. The van der Waals surface area contributed by atoms with Gasteiger partial charge in [-0.2, -0.15) is 0 Å². The van der Waals surface area contributed by atoms with Gasteiger partial charge in [-0.1, -0.05) is 12.1 Å². The number of hydrogen-bond acceptors (Lipinski definition) is 5. The van der Waals surface area contributed by atoms with Crippen LogP contribution >= 0.6 is 0 Å². The van der Waals surface area contributed by atoms with Crippen LogP contribution in [0.3, 0.4) is 0 Å². The molecule has 2 aromatic rings. The van der Waals surface area contributed by atoms with Gasteiger partial charge in [0.15, 0.2) is 6.61 Å². The van der Waals surface area contributed by atoms with E-state index in [9.17, 15) is 19.7 Å². The van der Waals surface area contributed by atoms with Gasteiger partial charge in [0.1, 0.15) is 12.3 Å². The van der Waals surface area contributed by atoms with E-state index in [0.717, 1.165) is 11.1 Å². The molecular weight excluding hydrogens is 338 g/mol. The van der Waals surface area contributed by atoms with Crippen LogP contribution in [0.5, 0.6) is 5.75 Å². The van der Waals surface area contributed by atoms with E-state index in [2.05, 4.69) is 5.32 Å². The van der Waals surface area contributed by atoms with Crippen molar-refractivity contribution in [3.63, 3.8) is 0 Å². The Balaban J connectivity index is 1.84. The Kier molecular flexibility index (Phi) is 4.57. The number of non-ortho nitro benzene ring substituents is 1. The Labute approximate surface area is 149 Å². The van der Waals surface area contributed by atoms with E-state index in [1.165, 1.54) is 23.1 Å². The molecule has 0 aromatic heterocycles. The van der Waals surface area contributed by atoms with Crippen LogP contribution in [0.1, 0.15) is 11.1 Å². The molecule has 0 saturated carbocycles. The molecule has 0 atom stereocenters. The summed E-state index contributed by atoms with van der Waals surface area (Å²) in [5.74, 6) is -0.504. The van der Waals surface area contributed by atoms with Gasteiger partial charge < -0.3 is 10.1 Å². The number of anilines is 2. The third-order valence-electron chi connectivity index (χ3n) is 4.28. The summed E-state index contributed by atoms with van der Waals surface area (Å²) in [6, 6.07) is 9.50. The third kappa shape index (κ3) is 3.34. The molecule has 1 aliphatic heterocycles. The average molecular weight is 355 g/mol. The number of fused-ring (bicyclic) bond motifs is 1. The van der Waals surface area contributed by atoms with E-state index in [-0.39, 0.29) is 24.5 Å². The van der Waals surface area contributed by atoms with Gasteiger partial charge in [0, 0.05) is 17.8 Å². The van der Waals surface area contributed by atoms with Crippen molar-refractivity contribution in [1.82, 2.24) is 0 Å². The molecule has 2 amide bonds. The van der Waals surface area contributed by atoms with Gasteiger partial charge >= 0.3 is 0 Å². The van der Waals surface area contributed by atoms with Crippen LogP contribution in [0.4, 0.5) is 17.1 Å². The van der Waals surface area contributed by atoms with Crippen LogP contribution in [0, 0.1) is 24.0 Å². The number of nitrogens with zero attached hydrogens (tertiary/aromatic N) is 2. The minimum atomic E-state index is -0.562. The molecule has 26 heavy (non-hydrogen) atoms. The number of carbonyl (C=O) groups excluding carboxylic acids is 2. The number of hydrogen-bond donors (Lipinski definition) is 1. The fourth-order valence-corrected chi connectivity index (χ4v) is 2.70. The molecule has 0 aliphatic carbocycles. The van der Waals surface area contributed by atoms with Gasteiger partial charge in [-0.05, 0) is 37.1 Å². The number of aryl methyl sites for hydroxylation is 1. The summed E-state index contributed by atoms with van der Waals surface area (Å²) in [5.41, 5.74) is 2.67. The Bertz CT molecular complexity index is 910. The largest absolute Gasteiger partial charge is 0.482 e. The molecule has 0 bridgehead atoms. The summed E-state index contributed by atoms with van der Waals surface area (Å²) in [6.45, 7) is 3.35. The van der Waals surface area contributed by atoms with Crippen LogP contribution in [0.15, 0.2) is 36.4 Å². The van der Waals surface area contributed by atoms with Crippen molar-refractivity contribution in [3.8, 4) is 5.75 Å².